The molecule has 0 bridgehead atoms. The maximum absolute atomic E-state index is 14.7. The Morgan fingerprint density at radius 3 is 2.70 bits per heavy atom. The van der Waals surface area contributed by atoms with Crippen LogP contribution in [0.25, 0.3) is 22.4 Å². The summed E-state index contributed by atoms with van der Waals surface area (Å²) in [6, 6.07) is 3.87. The molecule has 3 heterocycles. The summed E-state index contributed by atoms with van der Waals surface area (Å²) in [6.45, 7) is 1.17. The highest BCUT2D eigenvalue weighted by Gasteiger charge is 2.41. The van der Waals surface area contributed by atoms with E-state index < -0.39 is 48.0 Å². The van der Waals surface area contributed by atoms with Gasteiger partial charge in [-0.15, -0.1) is 0 Å². The quantitative estimate of drug-likeness (QED) is 0.400. The lowest BCUT2D eigenvalue weighted by Gasteiger charge is -2.26. The van der Waals surface area contributed by atoms with Gasteiger partial charge in [-0.05, 0) is 19.1 Å². The van der Waals surface area contributed by atoms with Gasteiger partial charge >= 0.3 is 12.1 Å². The first-order valence-corrected chi connectivity index (χ1v) is 10.2. The number of benzene rings is 1. The summed E-state index contributed by atoms with van der Waals surface area (Å²) in [5.41, 5.74) is -2.45. The largest absolute Gasteiger partial charge is 0.454 e. The SMILES string of the molecule is C[C@@H](O)Cn1ncc(-c2[nH]cc(-c3c(F)cccc3Cl)c2C(=O)OC2COC2)c1C(F)(F)F. The maximum Gasteiger partial charge on any atom is 0.433 e. The number of carbonyl (C=O) groups is 1. The number of aliphatic hydroxyl groups is 1. The number of aromatic amines is 1. The molecule has 2 aromatic heterocycles. The molecule has 2 N–H and O–H groups in total. The van der Waals surface area contributed by atoms with Crippen LogP contribution in [-0.4, -0.2) is 51.3 Å². The molecule has 1 aromatic carbocycles. The number of nitrogens with zero attached hydrogens (tertiary/aromatic N) is 2. The fourth-order valence-corrected chi connectivity index (χ4v) is 3.81. The average molecular weight is 488 g/mol. The van der Waals surface area contributed by atoms with E-state index in [-0.39, 0.29) is 40.6 Å². The maximum atomic E-state index is 14.7. The standard InChI is InChI=1S/C21H18ClF4N3O4/c1-10(30)7-29-19(21(24,25)26)13(6-28-29)18-17(20(31)33-11-8-32-9-11)12(5-27-18)16-14(22)3-2-4-15(16)23/h2-6,10-11,27,30H,7-9H2,1H3/t10-/m1/s1. The average Bonchev–Trinajstić information content (AvgIpc) is 3.28. The van der Waals surface area contributed by atoms with Gasteiger partial charge in [0.15, 0.2) is 5.69 Å². The highest BCUT2D eigenvalue weighted by atomic mass is 35.5. The fraction of sp³-hybridized carbons (Fsp3) is 0.333. The molecule has 1 saturated heterocycles. The summed E-state index contributed by atoms with van der Waals surface area (Å²) in [5, 5.41) is 13.3. The Balaban J connectivity index is 1.92. The molecule has 176 valence electrons. The van der Waals surface area contributed by atoms with E-state index in [1.165, 1.54) is 25.3 Å². The Morgan fingerprint density at radius 1 is 1.39 bits per heavy atom. The molecule has 12 heteroatoms. The molecule has 4 rings (SSSR count). The van der Waals surface area contributed by atoms with Crippen molar-refractivity contribution in [1.29, 1.82) is 0 Å². The number of nitrogens with one attached hydrogen (secondary N) is 1. The Hall–Kier alpha value is -2.89. The molecule has 7 nitrogen and oxygen atoms in total. The number of alkyl halides is 3. The summed E-state index contributed by atoms with van der Waals surface area (Å²) < 4.78 is 67.5. The van der Waals surface area contributed by atoms with E-state index in [0.29, 0.717) is 4.68 Å². The molecular formula is C21H18ClF4N3O4. The third-order valence-corrected chi connectivity index (χ3v) is 5.33. The number of esters is 1. The zero-order valence-corrected chi connectivity index (χ0v) is 17.9. The van der Waals surface area contributed by atoms with Crippen molar-refractivity contribution >= 4 is 17.6 Å². The number of aliphatic hydroxyl groups excluding tert-OH is 1. The van der Waals surface area contributed by atoms with E-state index in [4.69, 9.17) is 21.1 Å². The van der Waals surface area contributed by atoms with E-state index in [1.54, 1.807) is 0 Å². The van der Waals surface area contributed by atoms with Gasteiger partial charge < -0.3 is 19.6 Å². The van der Waals surface area contributed by atoms with Gasteiger partial charge in [-0.25, -0.2) is 9.18 Å². The number of rotatable bonds is 6. The molecule has 1 aliphatic heterocycles. The van der Waals surface area contributed by atoms with Gasteiger partial charge in [0, 0.05) is 22.9 Å². The Bertz CT molecular complexity index is 1160. The number of hydrogen-bond donors (Lipinski definition) is 2. The normalized spacial score (nSPS) is 15.4. The van der Waals surface area contributed by atoms with Crippen LogP contribution in [0, 0.1) is 5.82 Å². The molecule has 1 atom stereocenters. The number of H-pyrrole nitrogens is 1. The van der Waals surface area contributed by atoms with E-state index >= 15 is 0 Å². The molecule has 0 spiro atoms. The smallest absolute Gasteiger partial charge is 0.433 e. The summed E-state index contributed by atoms with van der Waals surface area (Å²) in [5.74, 6) is -1.74. The second-order valence-electron chi connectivity index (χ2n) is 7.55. The predicted octanol–water partition coefficient (Wildman–Crippen LogP) is 4.29. The van der Waals surface area contributed by atoms with Crippen molar-refractivity contribution in [3.63, 3.8) is 0 Å². The van der Waals surface area contributed by atoms with E-state index in [0.717, 1.165) is 12.3 Å². The molecule has 0 unspecified atom stereocenters. The third kappa shape index (κ3) is 4.48. The molecular weight excluding hydrogens is 470 g/mol. The van der Waals surface area contributed by atoms with Crippen molar-refractivity contribution in [3.05, 3.63) is 52.7 Å². The van der Waals surface area contributed by atoms with Crippen molar-refractivity contribution in [2.45, 2.75) is 31.9 Å². The lowest BCUT2D eigenvalue weighted by Crippen LogP contribution is -2.37. The van der Waals surface area contributed by atoms with Crippen LogP contribution in [0.5, 0.6) is 0 Å². The van der Waals surface area contributed by atoms with Gasteiger partial charge in [-0.2, -0.15) is 18.3 Å². The minimum Gasteiger partial charge on any atom is -0.454 e. The zero-order valence-electron chi connectivity index (χ0n) is 17.1. The van der Waals surface area contributed by atoms with Crippen LogP contribution < -0.4 is 0 Å². The van der Waals surface area contributed by atoms with Crippen molar-refractivity contribution in [3.8, 4) is 22.4 Å². The minimum absolute atomic E-state index is 0.0394. The molecule has 33 heavy (non-hydrogen) atoms. The summed E-state index contributed by atoms with van der Waals surface area (Å²) in [4.78, 5) is 15.7. The first-order valence-electron chi connectivity index (χ1n) is 9.83. The molecule has 1 fully saturated rings. The number of hydrogen-bond acceptors (Lipinski definition) is 5. The van der Waals surface area contributed by atoms with E-state index in [9.17, 15) is 27.5 Å². The Morgan fingerprint density at radius 2 is 2.12 bits per heavy atom. The second-order valence-corrected chi connectivity index (χ2v) is 7.96. The van der Waals surface area contributed by atoms with Crippen LogP contribution >= 0.6 is 11.6 Å². The van der Waals surface area contributed by atoms with Gasteiger partial charge in [0.1, 0.15) is 11.9 Å². The molecule has 1 aliphatic rings. The summed E-state index contributed by atoms with van der Waals surface area (Å²) >= 11 is 6.16. The lowest BCUT2D eigenvalue weighted by atomic mass is 9.99. The van der Waals surface area contributed by atoms with Crippen molar-refractivity contribution in [1.82, 2.24) is 14.8 Å². The van der Waals surface area contributed by atoms with E-state index in [2.05, 4.69) is 10.1 Å². The lowest BCUT2D eigenvalue weighted by molar-refractivity contribution is -0.144. The van der Waals surface area contributed by atoms with Gasteiger partial charge in [0.2, 0.25) is 0 Å². The first-order chi connectivity index (χ1) is 15.6. The minimum atomic E-state index is -4.87. The van der Waals surface area contributed by atoms with Gasteiger partial charge in [0.25, 0.3) is 0 Å². The first kappa shape index (κ1) is 23.3. The summed E-state index contributed by atoms with van der Waals surface area (Å²) in [7, 11) is 0. The van der Waals surface area contributed by atoms with Crippen molar-refractivity contribution < 1.29 is 36.9 Å². The number of carbonyl (C=O) groups excluding carboxylic acids is 1. The molecule has 3 aromatic rings. The topological polar surface area (TPSA) is 89.4 Å². The number of ether oxygens (including phenoxy) is 2. The van der Waals surface area contributed by atoms with Crippen LogP contribution in [0.15, 0.2) is 30.6 Å². The number of aromatic nitrogens is 3. The molecule has 0 saturated carbocycles. The van der Waals surface area contributed by atoms with Gasteiger partial charge in [-0.3, -0.25) is 4.68 Å². The Labute approximate surface area is 189 Å². The van der Waals surface area contributed by atoms with Crippen LogP contribution in [0.3, 0.4) is 0 Å². The predicted molar refractivity (Wildman–Crippen MR) is 109 cm³/mol. The summed E-state index contributed by atoms with van der Waals surface area (Å²) in [6.07, 6.45) is -4.44. The molecule has 0 amide bonds. The highest BCUT2D eigenvalue weighted by Crippen LogP contribution is 2.42. The zero-order chi connectivity index (χ0) is 23.9. The van der Waals surface area contributed by atoms with Crippen LogP contribution in [0.1, 0.15) is 23.0 Å². The van der Waals surface area contributed by atoms with Gasteiger partial charge in [-0.1, -0.05) is 17.7 Å². The van der Waals surface area contributed by atoms with E-state index in [1.807, 2.05) is 0 Å². The third-order valence-electron chi connectivity index (χ3n) is 5.01. The van der Waals surface area contributed by atoms with Gasteiger partial charge in [0.05, 0.1) is 48.3 Å². The molecule has 0 aliphatic carbocycles. The molecule has 0 radical (unpaired) electrons. The van der Waals surface area contributed by atoms with Crippen molar-refractivity contribution in [2.24, 2.45) is 0 Å². The van der Waals surface area contributed by atoms with Crippen LogP contribution in [0.2, 0.25) is 5.02 Å². The van der Waals surface area contributed by atoms with Crippen LogP contribution in [0.4, 0.5) is 17.6 Å². The number of halogens is 5. The Kier molecular flexibility index (Phi) is 6.21. The second kappa shape index (κ2) is 8.81. The fourth-order valence-electron chi connectivity index (χ4n) is 3.55. The van der Waals surface area contributed by atoms with Crippen molar-refractivity contribution in [2.75, 3.05) is 13.2 Å². The monoisotopic (exact) mass is 487 g/mol. The highest BCUT2D eigenvalue weighted by molar-refractivity contribution is 6.33. The van der Waals surface area contributed by atoms with Crippen LogP contribution in [-0.2, 0) is 22.2 Å².